The summed E-state index contributed by atoms with van der Waals surface area (Å²) in [4.78, 5) is 18.7. The first-order chi connectivity index (χ1) is 11.4. The maximum absolute atomic E-state index is 12.1. The molecule has 0 spiro atoms. The van der Waals surface area contributed by atoms with Crippen molar-refractivity contribution in [2.24, 2.45) is 11.8 Å². The van der Waals surface area contributed by atoms with Gasteiger partial charge in [0.2, 0.25) is 5.88 Å². The quantitative estimate of drug-likeness (QED) is 0.921. The monoisotopic (exact) mass is 333 g/mol. The third kappa shape index (κ3) is 3.74. The molecule has 0 aromatic carbocycles. The van der Waals surface area contributed by atoms with Gasteiger partial charge in [0.25, 0.3) is 0 Å². The summed E-state index contributed by atoms with van der Waals surface area (Å²) >= 11 is 0. The summed E-state index contributed by atoms with van der Waals surface area (Å²) in [6, 6.07) is 4.20. The van der Waals surface area contributed by atoms with E-state index in [1.165, 1.54) is 0 Å². The number of carbonyl (C=O) groups excluding carboxylic acids is 1. The Morgan fingerprint density at radius 3 is 2.54 bits per heavy atom. The standard InChI is InChI=1S/C18H27N3O3/c1-18(2,3)24-17(22)20-16-12-5-6-13(16)11-21(10-12)14-7-8-19-15(9-14)23-4/h7-9,12-13,16H,5-6,10-11H2,1-4H3,(H,20,22)/t12-,13-/m1/s1. The molecule has 2 heterocycles. The van der Waals surface area contributed by atoms with Crippen molar-refractivity contribution in [1.82, 2.24) is 10.3 Å². The minimum atomic E-state index is -0.461. The number of aromatic nitrogens is 1. The second kappa shape index (κ2) is 6.49. The van der Waals surface area contributed by atoms with Crippen molar-refractivity contribution >= 4 is 11.8 Å². The van der Waals surface area contributed by atoms with E-state index in [4.69, 9.17) is 9.47 Å². The molecule has 1 aliphatic heterocycles. The molecule has 24 heavy (non-hydrogen) atoms. The summed E-state index contributed by atoms with van der Waals surface area (Å²) in [5, 5.41) is 3.11. The Labute approximate surface area is 143 Å². The lowest BCUT2D eigenvalue weighted by molar-refractivity contribution is 0.0472. The van der Waals surface area contributed by atoms with E-state index >= 15 is 0 Å². The fraction of sp³-hybridized carbons (Fsp3) is 0.667. The van der Waals surface area contributed by atoms with Crippen LogP contribution in [0.1, 0.15) is 33.6 Å². The van der Waals surface area contributed by atoms with Gasteiger partial charge in [0.05, 0.1) is 7.11 Å². The molecule has 1 amide bonds. The summed E-state index contributed by atoms with van der Waals surface area (Å²) < 4.78 is 10.6. The SMILES string of the molecule is COc1cc(N2C[C@H]3CC[C@H](C2)C3NC(=O)OC(C)(C)C)ccn1. The Hall–Kier alpha value is -1.98. The maximum Gasteiger partial charge on any atom is 0.407 e. The predicted molar refractivity (Wildman–Crippen MR) is 92.4 cm³/mol. The van der Waals surface area contributed by atoms with E-state index in [1.54, 1.807) is 13.3 Å². The van der Waals surface area contributed by atoms with Crippen LogP contribution >= 0.6 is 0 Å². The number of pyridine rings is 1. The molecule has 6 nitrogen and oxygen atoms in total. The van der Waals surface area contributed by atoms with Crippen molar-refractivity contribution in [2.75, 3.05) is 25.1 Å². The molecular weight excluding hydrogens is 306 g/mol. The molecule has 1 saturated heterocycles. The number of hydrogen-bond donors (Lipinski definition) is 1. The number of alkyl carbamates (subject to hydrolysis) is 1. The van der Waals surface area contributed by atoms with Gasteiger partial charge in [-0.1, -0.05) is 0 Å². The predicted octanol–water partition coefficient (Wildman–Crippen LogP) is 2.83. The molecule has 2 aliphatic rings. The molecule has 1 N–H and O–H groups in total. The van der Waals surface area contributed by atoms with Gasteiger partial charge in [-0.2, -0.15) is 0 Å². The lowest BCUT2D eigenvalue weighted by atomic mass is 9.92. The zero-order chi connectivity index (χ0) is 17.3. The number of fused-ring (bicyclic) bond motifs is 2. The molecule has 1 saturated carbocycles. The fourth-order valence-corrected chi connectivity index (χ4v) is 3.82. The Morgan fingerprint density at radius 1 is 1.29 bits per heavy atom. The number of nitrogens with zero attached hydrogens (tertiary/aromatic N) is 2. The first-order valence-electron chi connectivity index (χ1n) is 8.60. The highest BCUT2D eigenvalue weighted by Crippen LogP contribution is 2.39. The normalized spacial score (nSPS) is 26.2. The topological polar surface area (TPSA) is 63.7 Å². The van der Waals surface area contributed by atoms with Crippen molar-refractivity contribution in [3.05, 3.63) is 18.3 Å². The molecule has 2 bridgehead atoms. The summed E-state index contributed by atoms with van der Waals surface area (Å²) in [5.41, 5.74) is 0.673. The van der Waals surface area contributed by atoms with Gasteiger partial charge in [0, 0.05) is 37.1 Å². The van der Waals surface area contributed by atoms with Crippen LogP contribution in [-0.2, 0) is 4.74 Å². The van der Waals surface area contributed by atoms with E-state index in [1.807, 2.05) is 32.9 Å². The van der Waals surface area contributed by atoms with E-state index in [0.717, 1.165) is 31.6 Å². The summed E-state index contributed by atoms with van der Waals surface area (Å²) in [6.45, 7) is 7.54. The number of nitrogens with one attached hydrogen (secondary N) is 1. The first kappa shape index (κ1) is 16.9. The zero-order valence-corrected chi connectivity index (χ0v) is 14.9. The first-order valence-corrected chi connectivity index (χ1v) is 8.60. The van der Waals surface area contributed by atoms with Crippen LogP contribution in [-0.4, -0.2) is 42.9 Å². The largest absolute Gasteiger partial charge is 0.481 e. The van der Waals surface area contributed by atoms with E-state index in [9.17, 15) is 4.79 Å². The van der Waals surface area contributed by atoms with Gasteiger partial charge in [-0.05, 0) is 51.5 Å². The van der Waals surface area contributed by atoms with Crippen LogP contribution in [0.15, 0.2) is 18.3 Å². The van der Waals surface area contributed by atoms with E-state index in [2.05, 4.69) is 15.2 Å². The molecule has 0 radical (unpaired) electrons. The van der Waals surface area contributed by atoms with Gasteiger partial charge in [-0.15, -0.1) is 0 Å². The van der Waals surface area contributed by atoms with Crippen molar-refractivity contribution in [3.8, 4) is 5.88 Å². The number of amides is 1. The lowest BCUT2D eigenvalue weighted by Crippen LogP contribution is -2.53. The van der Waals surface area contributed by atoms with Gasteiger partial charge in [-0.25, -0.2) is 9.78 Å². The van der Waals surface area contributed by atoms with Crippen molar-refractivity contribution in [1.29, 1.82) is 0 Å². The van der Waals surface area contributed by atoms with E-state index in [-0.39, 0.29) is 12.1 Å². The summed E-state index contributed by atoms with van der Waals surface area (Å²) in [5.74, 6) is 1.54. The Balaban J connectivity index is 1.65. The molecule has 0 unspecified atom stereocenters. The van der Waals surface area contributed by atoms with Gasteiger partial charge in [0.1, 0.15) is 5.60 Å². The smallest absolute Gasteiger partial charge is 0.407 e. The average molecular weight is 333 g/mol. The van der Waals surface area contributed by atoms with Crippen LogP contribution in [0.3, 0.4) is 0 Å². The van der Waals surface area contributed by atoms with Crippen molar-refractivity contribution in [2.45, 2.75) is 45.3 Å². The Morgan fingerprint density at radius 2 is 1.96 bits per heavy atom. The number of anilines is 1. The number of piperidine rings is 1. The van der Waals surface area contributed by atoms with E-state index in [0.29, 0.717) is 17.7 Å². The maximum atomic E-state index is 12.1. The molecule has 2 fully saturated rings. The van der Waals surface area contributed by atoms with Gasteiger partial charge in [-0.3, -0.25) is 0 Å². The molecule has 3 rings (SSSR count). The second-order valence-corrected chi connectivity index (χ2v) is 7.73. The van der Waals surface area contributed by atoms with E-state index < -0.39 is 5.60 Å². The van der Waals surface area contributed by atoms with Crippen molar-refractivity contribution in [3.63, 3.8) is 0 Å². The minimum absolute atomic E-state index is 0.208. The van der Waals surface area contributed by atoms with Crippen LogP contribution in [0.2, 0.25) is 0 Å². The average Bonchev–Trinajstić information content (AvgIpc) is 2.75. The molecule has 1 aromatic rings. The third-order valence-corrected chi connectivity index (χ3v) is 4.81. The third-order valence-electron chi connectivity index (χ3n) is 4.81. The number of carbonyl (C=O) groups is 1. The summed E-state index contributed by atoms with van der Waals surface area (Å²) in [6.07, 6.45) is 3.76. The van der Waals surface area contributed by atoms with Crippen LogP contribution < -0.4 is 15.0 Å². The molecule has 1 aliphatic carbocycles. The van der Waals surface area contributed by atoms with Crippen LogP contribution in [0.25, 0.3) is 0 Å². The van der Waals surface area contributed by atoms with Crippen LogP contribution in [0, 0.1) is 11.8 Å². The minimum Gasteiger partial charge on any atom is -0.481 e. The number of rotatable bonds is 3. The molecule has 2 atom stereocenters. The Kier molecular flexibility index (Phi) is 4.56. The molecular formula is C18H27N3O3. The highest BCUT2D eigenvalue weighted by molar-refractivity contribution is 5.68. The second-order valence-electron chi connectivity index (χ2n) is 7.73. The van der Waals surface area contributed by atoms with Gasteiger partial charge >= 0.3 is 6.09 Å². The summed E-state index contributed by atoms with van der Waals surface area (Å²) in [7, 11) is 1.63. The molecule has 1 aromatic heterocycles. The lowest BCUT2D eigenvalue weighted by Gasteiger charge is -2.39. The van der Waals surface area contributed by atoms with Crippen LogP contribution in [0.4, 0.5) is 10.5 Å². The molecule has 132 valence electrons. The number of methoxy groups -OCH3 is 1. The van der Waals surface area contributed by atoms with Gasteiger partial charge in [0.15, 0.2) is 0 Å². The number of ether oxygens (including phenoxy) is 2. The van der Waals surface area contributed by atoms with Crippen LogP contribution in [0.5, 0.6) is 5.88 Å². The highest BCUT2D eigenvalue weighted by atomic mass is 16.6. The zero-order valence-electron chi connectivity index (χ0n) is 14.9. The van der Waals surface area contributed by atoms with Gasteiger partial charge < -0.3 is 19.7 Å². The fourth-order valence-electron chi connectivity index (χ4n) is 3.82. The highest BCUT2D eigenvalue weighted by Gasteiger charge is 2.43. The Bertz CT molecular complexity index is 585. The number of hydrogen-bond acceptors (Lipinski definition) is 5. The molecule has 6 heteroatoms. The van der Waals surface area contributed by atoms with Crippen molar-refractivity contribution < 1.29 is 14.3 Å².